The SMILES string of the molecule is O=C1CC(CS(=O)(=O)Cl)CN1c1ccc(N2CCCCC2)c(F)c1. The molecule has 1 unspecified atom stereocenters. The number of rotatable bonds is 4. The van der Waals surface area contributed by atoms with Crippen molar-refractivity contribution in [1.29, 1.82) is 0 Å². The van der Waals surface area contributed by atoms with Gasteiger partial charge in [0.05, 0.1) is 11.4 Å². The van der Waals surface area contributed by atoms with Crippen LogP contribution in [0, 0.1) is 11.7 Å². The largest absolute Gasteiger partial charge is 0.369 e. The maximum Gasteiger partial charge on any atom is 0.232 e. The lowest BCUT2D eigenvalue weighted by Crippen LogP contribution is -2.30. The summed E-state index contributed by atoms with van der Waals surface area (Å²) in [6.45, 7) is 1.93. The summed E-state index contributed by atoms with van der Waals surface area (Å²) in [6.07, 6.45) is 3.39. The van der Waals surface area contributed by atoms with E-state index < -0.39 is 9.05 Å². The lowest BCUT2D eigenvalue weighted by molar-refractivity contribution is -0.117. The molecule has 1 aromatic carbocycles. The van der Waals surface area contributed by atoms with Crippen LogP contribution in [0.15, 0.2) is 18.2 Å². The number of carbonyl (C=O) groups is 1. The molecule has 2 saturated heterocycles. The minimum atomic E-state index is -3.65. The molecule has 2 fully saturated rings. The van der Waals surface area contributed by atoms with Crippen LogP contribution in [-0.2, 0) is 13.8 Å². The van der Waals surface area contributed by atoms with Crippen molar-refractivity contribution >= 4 is 37.0 Å². The van der Waals surface area contributed by atoms with Crippen molar-refractivity contribution in [3.05, 3.63) is 24.0 Å². The molecule has 1 amide bonds. The first kappa shape index (κ1) is 17.5. The van der Waals surface area contributed by atoms with Gasteiger partial charge in [-0.3, -0.25) is 4.79 Å². The van der Waals surface area contributed by atoms with E-state index in [1.807, 2.05) is 4.90 Å². The number of piperidine rings is 1. The van der Waals surface area contributed by atoms with Gasteiger partial charge in [-0.1, -0.05) is 0 Å². The maximum atomic E-state index is 14.5. The predicted molar refractivity (Wildman–Crippen MR) is 92.6 cm³/mol. The Morgan fingerprint density at radius 2 is 1.92 bits per heavy atom. The van der Waals surface area contributed by atoms with Crippen molar-refractivity contribution in [3.63, 3.8) is 0 Å². The first-order chi connectivity index (χ1) is 11.3. The van der Waals surface area contributed by atoms with Crippen molar-refractivity contribution in [2.24, 2.45) is 5.92 Å². The Bertz CT molecular complexity index is 735. The summed E-state index contributed by atoms with van der Waals surface area (Å²) in [4.78, 5) is 15.6. The van der Waals surface area contributed by atoms with Crippen LogP contribution in [0.3, 0.4) is 0 Å². The molecule has 5 nitrogen and oxygen atoms in total. The summed E-state index contributed by atoms with van der Waals surface area (Å²) in [6, 6.07) is 4.79. The van der Waals surface area contributed by atoms with Crippen molar-refractivity contribution < 1.29 is 17.6 Å². The maximum absolute atomic E-state index is 14.5. The molecule has 3 rings (SSSR count). The molecule has 8 heteroatoms. The van der Waals surface area contributed by atoms with E-state index in [0.717, 1.165) is 25.9 Å². The normalized spacial score (nSPS) is 22.2. The lowest BCUT2D eigenvalue weighted by atomic mass is 10.1. The van der Waals surface area contributed by atoms with Gasteiger partial charge in [0, 0.05) is 48.3 Å². The fourth-order valence-corrected chi connectivity index (χ4v) is 4.80. The molecule has 2 heterocycles. The molecule has 0 N–H and O–H groups in total. The highest BCUT2D eigenvalue weighted by Gasteiger charge is 2.33. The molecule has 0 saturated carbocycles. The number of benzene rings is 1. The lowest BCUT2D eigenvalue weighted by Gasteiger charge is -2.29. The fourth-order valence-electron chi connectivity index (χ4n) is 3.48. The number of hydrogen-bond donors (Lipinski definition) is 0. The molecular formula is C16H20ClFN2O3S. The zero-order chi connectivity index (χ0) is 17.3. The van der Waals surface area contributed by atoms with E-state index in [9.17, 15) is 17.6 Å². The molecule has 0 aliphatic carbocycles. The number of nitrogens with zero attached hydrogens (tertiary/aromatic N) is 2. The Kier molecular flexibility index (Phi) is 5.01. The summed E-state index contributed by atoms with van der Waals surface area (Å²) in [5.41, 5.74) is 1.03. The van der Waals surface area contributed by atoms with Gasteiger partial charge in [0.2, 0.25) is 15.0 Å². The van der Waals surface area contributed by atoms with Crippen molar-refractivity contribution in [1.82, 2.24) is 0 Å². The highest BCUT2D eigenvalue weighted by molar-refractivity contribution is 8.13. The predicted octanol–water partition coefficient (Wildman–Crippen LogP) is 2.74. The molecule has 2 aliphatic rings. The second kappa shape index (κ2) is 6.88. The highest BCUT2D eigenvalue weighted by atomic mass is 35.7. The Balaban J connectivity index is 1.75. The number of carbonyl (C=O) groups excluding carboxylic acids is 1. The first-order valence-electron chi connectivity index (χ1n) is 8.11. The van der Waals surface area contributed by atoms with E-state index in [-0.39, 0.29) is 36.4 Å². The van der Waals surface area contributed by atoms with Gasteiger partial charge in [-0.25, -0.2) is 12.8 Å². The van der Waals surface area contributed by atoms with Crippen molar-refractivity contribution in [3.8, 4) is 0 Å². The standard InChI is InChI=1S/C16H20ClFN2O3S/c17-24(22,23)11-12-8-16(21)20(10-12)13-4-5-15(14(18)9-13)19-6-2-1-3-7-19/h4-5,9,12H,1-3,6-8,10-11H2. The van der Waals surface area contributed by atoms with Crippen LogP contribution in [0.1, 0.15) is 25.7 Å². The molecule has 0 spiro atoms. The smallest absolute Gasteiger partial charge is 0.232 e. The van der Waals surface area contributed by atoms with Crippen LogP contribution in [0.5, 0.6) is 0 Å². The summed E-state index contributed by atoms with van der Waals surface area (Å²) in [5, 5.41) is 0. The van der Waals surface area contributed by atoms with Gasteiger partial charge < -0.3 is 9.80 Å². The molecule has 1 atom stereocenters. The highest BCUT2D eigenvalue weighted by Crippen LogP contribution is 2.31. The van der Waals surface area contributed by atoms with E-state index in [2.05, 4.69) is 0 Å². The fraction of sp³-hybridized carbons (Fsp3) is 0.562. The summed E-state index contributed by atoms with van der Waals surface area (Å²) in [7, 11) is 1.61. The second-order valence-electron chi connectivity index (χ2n) is 6.46. The van der Waals surface area contributed by atoms with Gasteiger partial charge in [0.15, 0.2) is 0 Å². The van der Waals surface area contributed by atoms with E-state index in [1.165, 1.54) is 17.4 Å². The molecule has 132 valence electrons. The topological polar surface area (TPSA) is 57.7 Å². The third kappa shape index (κ3) is 4.00. The van der Waals surface area contributed by atoms with E-state index in [1.54, 1.807) is 12.1 Å². The van der Waals surface area contributed by atoms with Gasteiger partial charge in [0.25, 0.3) is 0 Å². The quantitative estimate of drug-likeness (QED) is 0.760. The summed E-state index contributed by atoms with van der Waals surface area (Å²) in [5.74, 6) is -1.16. The zero-order valence-corrected chi connectivity index (χ0v) is 14.8. The van der Waals surface area contributed by atoms with Crippen LogP contribution < -0.4 is 9.80 Å². The van der Waals surface area contributed by atoms with Gasteiger partial charge in [0.1, 0.15) is 5.82 Å². The van der Waals surface area contributed by atoms with Crippen LogP contribution >= 0.6 is 10.7 Å². The zero-order valence-electron chi connectivity index (χ0n) is 13.2. The van der Waals surface area contributed by atoms with Gasteiger partial charge >= 0.3 is 0 Å². The first-order valence-corrected chi connectivity index (χ1v) is 10.6. The van der Waals surface area contributed by atoms with Crippen molar-refractivity contribution in [2.45, 2.75) is 25.7 Å². The van der Waals surface area contributed by atoms with Gasteiger partial charge in [-0.15, -0.1) is 0 Å². The number of amides is 1. The van der Waals surface area contributed by atoms with Crippen LogP contribution in [0.4, 0.5) is 15.8 Å². The number of halogens is 2. The van der Waals surface area contributed by atoms with E-state index >= 15 is 0 Å². The number of anilines is 2. The van der Waals surface area contributed by atoms with E-state index in [4.69, 9.17) is 10.7 Å². The van der Waals surface area contributed by atoms with Crippen molar-refractivity contribution in [2.75, 3.05) is 35.2 Å². The molecule has 2 aliphatic heterocycles. The minimum absolute atomic E-state index is 0.113. The Labute approximate surface area is 145 Å². The molecular weight excluding hydrogens is 355 g/mol. The Hall–Kier alpha value is -1.34. The van der Waals surface area contributed by atoms with E-state index in [0.29, 0.717) is 11.4 Å². The average Bonchev–Trinajstić information content (AvgIpc) is 2.86. The van der Waals surface area contributed by atoms with Gasteiger partial charge in [-0.05, 0) is 37.5 Å². The molecule has 0 bridgehead atoms. The monoisotopic (exact) mass is 374 g/mol. The Morgan fingerprint density at radius 1 is 1.21 bits per heavy atom. The average molecular weight is 375 g/mol. The minimum Gasteiger partial charge on any atom is -0.369 e. The third-order valence-corrected chi connectivity index (χ3v) is 5.83. The summed E-state index contributed by atoms with van der Waals surface area (Å²) < 4.78 is 36.8. The second-order valence-corrected chi connectivity index (χ2v) is 9.29. The Morgan fingerprint density at radius 3 is 2.54 bits per heavy atom. The molecule has 24 heavy (non-hydrogen) atoms. The summed E-state index contributed by atoms with van der Waals surface area (Å²) >= 11 is 0. The number of hydrogen-bond acceptors (Lipinski definition) is 4. The third-order valence-electron chi connectivity index (χ3n) is 4.58. The molecule has 1 aromatic rings. The van der Waals surface area contributed by atoms with Crippen LogP contribution in [-0.4, -0.2) is 39.7 Å². The molecule has 0 aromatic heterocycles. The molecule has 0 radical (unpaired) electrons. The van der Waals surface area contributed by atoms with Gasteiger partial charge in [-0.2, -0.15) is 0 Å². The van der Waals surface area contributed by atoms with Crippen LogP contribution in [0.2, 0.25) is 0 Å². The van der Waals surface area contributed by atoms with Crippen LogP contribution in [0.25, 0.3) is 0 Å².